The molecule has 1 amide bonds. The van der Waals surface area contributed by atoms with E-state index >= 15 is 0 Å². The molecule has 5 heteroatoms. The molecule has 3 N–H and O–H groups in total. The number of carbonyl (C=O) groups is 1. The van der Waals surface area contributed by atoms with E-state index in [0.717, 1.165) is 32.7 Å². The van der Waals surface area contributed by atoms with Crippen molar-refractivity contribution in [1.29, 1.82) is 0 Å². The smallest absolute Gasteiger partial charge is 0.236 e. The van der Waals surface area contributed by atoms with Gasteiger partial charge in [0, 0.05) is 38.8 Å². The lowest BCUT2D eigenvalue weighted by Gasteiger charge is -2.46. The van der Waals surface area contributed by atoms with Gasteiger partial charge in [0.2, 0.25) is 5.91 Å². The first-order chi connectivity index (χ1) is 6.68. The number of fused-ring (bicyclic) bond motifs is 1. The summed E-state index contributed by atoms with van der Waals surface area (Å²) >= 11 is 0. The minimum atomic E-state index is -0.227. The molecule has 2 atom stereocenters. The van der Waals surface area contributed by atoms with Crippen LogP contribution in [0, 0.1) is 0 Å². The van der Waals surface area contributed by atoms with Crippen molar-refractivity contribution in [2.24, 2.45) is 5.73 Å². The van der Waals surface area contributed by atoms with E-state index in [1.807, 2.05) is 0 Å². The van der Waals surface area contributed by atoms with E-state index in [4.69, 9.17) is 5.73 Å². The van der Waals surface area contributed by atoms with Crippen molar-refractivity contribution in [3.63, 3.8) is 0 Å². The maximum absolute atomic E-state index is 11.2. The molecule has 0 aromatic rings. The molecule has 2 aliphatic rings. The quantitative estimate of drug-likeness (QED) is 0.514. The van der Waals surface area contributed by atoms with Gasteiger partial charge < -0.3 is 16.0 Å². The van der Waals surface area contributed by atoms with Crippen LogP contribution in [0.1, 0.15) is 0 Å². The summed E-state index contributed by atoms with van der Waals surface area (Å²) in [5, 5.41) is 3.20. The van der Waals surface area contributed by atoms with Crippen LogP contribution in [0.15, 0.2) is 0 Å². The lowest BCUT2D eigenvalue weighted by Crippen LogP contribution is -2.68. The predicted octanol–water partition coefficient (Wildman–Crippen LogP) is -1.94. The number of carbonyl (C=O) groups excluding carboxylic acids is 1. The normalized spacial score (nSPS) is 35.2. The van der Waals surface area contributed by atoms with E-state index < -0.39 is 0 Å². The average Bonchev–Trinajstić information content (AvgIpc) is 2.16. The minimum Gasteiger partial charge on any atom is -0.368 e. The summed E-state index contributed by atoms with van der Waals surface area (Å²) in [5.41, 5.74) is 5.37. The molecule has 0 spiro atoms. The van der Waals surface area contributed by atoms with Gasteiger partial charge in [0.05, 0.1) is 0 Å². The second kappa shape index (κ2) is 3.84. The first kappa shape index (κ1) is 9.89. The third-order valence-corrected chi connectivity index (χ3v) is 3.19. The fourth-order valence-electron chi connectivity index (χ4n) is 2.37. The molecular weight excluding hydrogens is 180 g/mol. The number of hydrogen-bond acceptors (Lipinski definition) is 4. The summed E-state index contributed by atoms with van der Waals surface area (Å²) in [5.74, 6) is -0.227. The Balaban J connectivity index is 2.08. The highest BCUT2D eigenvalue weighted by atomic mass is 16.1. The van der Waals surface area contributed by atoms with Crippen LogP contribution in [0.4, 0.5) is 0 Å². The summed E-state index contributed by atoms with van der Waals surface area (Å²) in [7, 11) is 2.09. The monoisotopic (exact) mass is 198 g/mol. The van der Waals surface area contributed by atoms with Gasteiger partial charge in [-0.25, -0.2) is 0 Å². The predicted molar refractivity (Wildman–Crippen MR) is 53.8 cm³/mol. The fourth-order valence-corrected chi connectivity index (χ4v) is 2.37. The fraction of sp³-hybridized carbons (Fsp3) is 0.889. The maximum Gasteiger partial charge on any atom is 0.236 e. The van der Waals surface area contributed by atoms with E-state index in [1.165, 1.54) is 0 Å². The Morgan fingerprint density at radius 3 is 2.93 bits per heavy atom. The van der Waals surface area contributed by atoms with Gasteiger partial charge in [0.1, 0.15) is 6.04 Å². The van der Waals surface area contributed by atoms with Crippen LogP contribution in [0.3, 0.4) is 0 Å². The molecule has 2 rings (SSSR count). The summed E-state index contributed by atoms with van der Waals surface area (Å²) in [6.07, 6.45) is 0. The largest absolute Gasteiger partial charge is 0.368 e. The molecule has 80 valence electrons. The maximum atomic E-state index is 11.2. The van der Waals surface area contributed by atoms with Gasteiger partial charge >= 0.3 is 0 Å². The molecule has 0 aromatic carbocycles. The van der Waals surface area contributed by atoms with Crippen LogP contribution in [0.5, 0.6) is 0 Å². The highest BCUT2D eigenvalue weighted by Gasteiger charge is 2.37. The topological polar surface area (TPSA) is 61.6 Å². The Kier molecular flexibility index (Phi) is 2.71. The minimum absolute atomic E-state index is 0.175. The molecule has 2 heterocycles. The van der Waals surface area contributed by atoms with Gasteiger partial charge in [-0.05, 0) is 7.05 Å². The van der Waals surface area contributed by atoms with Crippen LogP contribution in [-0.4, -0.2) is 67.6 Å². The molecule has 0 radical (unpaired) electrons. The average molecular weight is 198 g/mol. The van der Waals surface area contributed by atoms with Gasteiger partial charge in [-0.15, -0.1) is 0 Å². The van der Waals surface area contributed by atoms with Gasteiger partial charge in [-0.1, -0.05) is 0 Å². The number of nitrogens with two attached hydrogens (primary N) is 1. The molecule has 0 saturated carbocycles. The van der Waals surface area contributed by atoms with Gasteiger partial charge in [0.25, 0.3) is 0 Å². The molecule has 0 aromatic heterocycles. The van der Waals surface area contributed by atoms with Crippen LogP contribution in [0.2, 0.25) is 0 Å². The van der Waals surface area contributed by atoms with Crippen molar-refractivity contribution in [2.45, 2.75) is 12.1 Å². The number of hydrogen-bond donors (Lipinski definition) is 2. The van der Waals surface area contributed by atoms with Crippen molar-refractivity contribution < 1.29 is 4.79 Å². The Morgan fingerprint density at radius 2 is 2.21 bits per heavy atom. The standard InChI is InChI=1S/C9H18N4O/c1-12-4-5-13-3-2-11-8(9(10)14)7(13)6-12/h7-8,11H,2-6H2,1H3,(H2,10,14). The highest BCUT2D eigenvalue weighted by Crippen LogP contribution is 2.14. The molecule has 0 bridgehead atoms. The van der Waals surface area contributed by atoms with E-state index in [9.17, 15) is 4.79 Å². The first-order valence-electron chi connectivity index (χ1n) is 5.14. The summed E-state index contributed by atoms with van der Waals surface area (Å²) < 4.78 is 0. The number of rotatable bonds is 1. The zero-order valence-electron chi connectivity index (χ0n) is 8.57. The third kappa shape index (κ3) is 1.75. The molecular formula is C9H18N4O. The van der Waals surface area contributed by atoms with Gasteiger partial charge in [-0.3, -0.25) is 9.69 Å². The number of nitrogens with zero attached hydrogens (tertiary/aromatic N) is 2. The van der Waals surface area contributed by atoms with Crippen molar-refractivity contribution in [3.05, 3.63) is 0 Å². The second-order valence-electron chi connectivity index (χ2n) is 4.20. The van der Waals surface area contributed by atoms with Crippen LogP contribution < -0.4 is 11.1 Å². The third-order valence-electron chi connectivity index (χ3n) is 3.19. The van der Waals surface area contributed by atoms with E-state index in [0.29, 0.717) is 0 Å². The summed E-state index contributed by atoms with van der Waals surface area (Å²) in [6, 6.07) is 0.0894. The lowest BCUT2D eigenvalue weighted by molar-refractivity contribution is -0.123. The lowest BCUT2D eigenvalue weighted by atomic mass is 10.0. The first-order valence-corrected chi connectivity index (χ1v) is 5.14. The Hall–Kier alpha value is -0.650. The van der Waals surface area contributed by atoms with Crippen LogP contribution in [0.25, 0.3) is 0 Å². The number of likely N-dealkylation sites (N-methyl/N-ethyl adjacent to an activating group) is 1. The molecule has 5 nitrogen and oxygen atoms in total. The zero-order valence-corrected chi connectivity index (χ0v) is 8.57. The molecule has 2 fully saturated rings. The molecule has 2 aliphatic heterocycles. The second-order valence-corrected chi connectivity index (χ2v) is 4.20. The SMILES string of the molecule is CN1CCN2CCNC(C(N)=O)C2C1. The van der Waals surface area contributed by atoms with E-state index in [-0.39, 0.29) is 18.0 Å². The van der Waals surface area contributed by atoms with E-state index in [1.54, 1.807) is 0 Å². The van der Waals surface area contributed by atoms with Crippen molar-refractivity contribution in [2.75, 3.05) is 39.8 Å². The highest BCUT2D eigenvalue weighted by molar-refractivity contribution is 5.81. The van der Waals surface area contributed by atoms with Crippen molar-refractivity contribution in [1.82, 2.24) is 15.1 Å². The number of primary amides is 1. The van der Waals surface area contributed by atoms with Crippen LogP contribution in [-0.2, 0) is 4.79 Å². The summed E-state index contributed by atoms with van der Waals surface area (Å²) in [4.78, 5) is 15.9. The number of amides is 1. The zero-order chi connectivity index (χ0) is 10.1. The molecule has 2 unspecified atom stereocenters. The summed E-state index contributed by atoms with van der Waals surface area (Å²) in [6.45, 7) is 4.96. The van der Waals surface area contributed by atoms with Crippen molar-refractivity contribution >= 4 is 5.91 Å². The molecule has 0 aliphatic carbocycles. The molecule has 2 saturated heterocycles. The van der Waals surface area contributed by atoms with Crippen molar-refractivity contribution in [3.8, 4) is 0 Å². The Bertz CT molecular complexity index is 233. The van der Waals surface area contributed by atoms with Crippen LogP contribution >= 0.6 is 0 Å². The van der Waals surface area contributed by atoms with E-state index in [2.05, 4.69) is 22.2 Å². The van der Waals surface area contributed by atoms with Gasteiger partial charge in [0.15, 0.2) is 0 Å². The number of nitrogens with one attached hydrogen (secondary N) is 1. The van der Waals surface area contributed by atoms with Gasteiger partial charge in [-0.2, -0.15) is 0 Å². The number of piperazine rings is 2. The Labute approximate surface area is 84.2 Å². The Morgan fingerprint density at radius 1 is 1.43 bits per heavy atom. The molecule has 14 heavy (non-hydrogen) atoms.